The summed E-state index contributed by atoms with van der Waals surface area (Å²) < 4.78 is 65.7. The van der Waals surface area contributed by atoms with E-state index in [4.69, 9.17) is 28.4 Å². The van der Waals surface area contributed by atoms with E-state index in [-0.39, 0.29) is 30.3 Å². The Labute approximate surface area is 366 Å². The number of amidine groups is 1. The average molecular weight is 881 g/mol. The average Bonchev–Trinajstić information content (AvgIpc) is 3.78. The Bertz CT molecular complexity index is 2640. The van der Waals surface area contributed by atoms with Gasteiger partial charge in [-0.15, -0.1) is 0 Å². The lowest BCUT2D eigenvalue weighted by Gasteiger charge is -2.37. The van der Waals surface area contributed by atoms with Crippen molar-refractivity contribution in [3.8, 4) is 17.2 Å². The molecule has 1 aromatic heterocycles. The first kappa shape index (κ1) is 45.1. The normalized spacial score (nSPS) is 18.3. The second-order valence-corrected chi connectivity index (χ2v) is 16.0. The van der Waals surface area contributed by atoms with Gasteiger partial charge >= 0.3 is 11.7 Å². The van der Waals surface area contributed by atoms with Crippen LogP contribution < -0.4 is 30.4 Å². The molecule has 3 heterocycles. The van der Waals surface area contributed by atoms with E-state index < -0.39 is 82.3 Å². The molecule has 0 aliphatic carbocycles. The topological polar surface area (TPSA) is 180 Å². The first-order valence-electron chi connectivity index (χ1n) is 20.1. The molecule has 64 heavy (non-hydrogen) atoms. The Morgan fingerprint density at radius 1 is 0.891 bits per heavy atom. The summed E-state index contributed by atoms with van der Waals surface area (Å²) in [6.45, 7) is 5.52. The molecule has 2 aliphatic heterocycles. The predicted octanol–water partition coefficient (Wildman–Crippen LogP) is 6.22. The molecule has 1 saturated heterocycles. The van der Waals surface area contributed by atoms with Gasteiger partial charge in [-0.3, -0.25) is 28.8 Å². The molecule has 0 radical (unpaired) electrons. The zero-order valence-electron chi connectivity index (χ0n) is 35.8. The molecule has 1 amide bonds. The number of anilines is 1. The van der Waals surface area contributed by atoms with Gasteiger partial charge in [0.1, 0.15) is 64.0 Å². The first-order valence-corrected chi connectivity index (χ1v) is 20.1. The summed E-state index contributed by atoms with van der Waals surface area (Å²) in [4.78, 5) is 59.6. The van der Waals surface area contributed by atoms with Crippen molar-refractivity contribution in [2.75, 3.05) is 32.5 Å². The molecule has 15 nitrogen and oxygen atoms in total. The van der Waals surface area contributed by atoms with Crippen molar-refractivity contribution in [3.63, 3.8) is 0 Å². The number of halogens is 2. The van der Waals surface area contributed by atoms with Gasteiger partial charge in [0.25, 0.3) is 11.5 Å². The highest BCUT2D eigenvalue weighted by Crippen LogP contribution is 2.43. The van der Waals surface area contributed by atoms with Crippen molar-refractivity contribution in [2.45, 2.75) is 58.2 Å². The smallest absolute Gasteiger partial charge is 0.330 e. The summed E-state index contributed by atoms with van der Waals surface area (Å²) in [6.07, 6.45) is -1.41. The monoisotopic (exact) mass is 880 g/mol. The number of esters is 1. The highest BCUT2D eigenvalue weighted by molar-refractivity contribution is 6.28. The van der Waals surface area contributed by atoms with Crippen LogP contribution in [-0.4, -0.2) is 72.2 Å². The molecule has 3 atom stereocenters. The standard InChI is InChI=1S/C47H46F2N4O11/c1-27-50-37(22-34-35(48)20-33(21-36(34)49)61-26-62-44(57)46(2,3)4)43(56)53(27)38-24-52(45(58)51-42(38)55)41-23-39(54)40(64-41)25-63-47(28-10-8-7-9-11-28,29-12-16-31(59-5)17-13-29)30-14-18-32(60-6)19-15-30/h7-22,24,39-41,54H,23,25-26H2,1-6H3,(H,51,55,58)/b37-22-/t39-,40+,41+/m0/s1. The lowest BCUT2D eigenvalue weighted by Crippen LogP contribution is -2.40. The molecule has 7 rings (SSSR count). The molecule has 2 N–H and O–H groups in total. The van der Waals surface area contributed by atoms with E-state index in [9.17, 15) is 24.3 Å². The number of aliphatic hydroxyl groups excluding tert-OH is 1. The number of nitrogens with one attached hydrogen (secondary N) is 1. The first-order chi connectivity index (χ1) is 30.5. The van der Waals surface area contributed by atoms with Crippen molar-refractivity contribution >= 4 is 29.5 Å². The van der Waals surface area contributed by atoms with Crippen LogP contribution in [0.1, 0.15) is 62.6 Å². The highest BCUT2D eigenvalue weighted by Gasteiger charge is 2.43. The van der Waals surface area contributed by atoms with Crippen LogP contribution in [0.2, 0.25) is 0 Å². The maximum absolute atomic E-state index is 15.2. The van der Waals surface area contributed by atoms with Gasteiger partial charge in [-0.25, -0.2) is 18.6 Å². The predicted molar refractivity (Wildman–Crippen MR) is 230 cm³/mol. The van der Waals surface area contributed by atoms with Gasteiger partial charge in [-0.1, -0.05) is 54.6 Å². The fourth-order valence-corrected chi connectivity index (χ4v) is 7.36. The van der Waals surface area contributed by atoms with Crippen LogP contribution >= 0.6 is 0 Å². The fraction of sp³-hybridized carbons (Fsp3) is 0.298. The zero-order chi connectivity index (χ0) is 45.9. The van der Waals surface area contributed by atoms with Crippen LogP contribution in [0.25, 0.3) is 6.08 Å². The Kier molecular flexibility index (Phi) is 13.0. The van der Waals surface area contributed by atoms with Crippen molar-refractivity contribution in [3.05, 3.63) is 158 Å². The number of ether oxygens (including phenoxy) is 6. The molecule has 0 saturated carbocycles. The lowest BCUT2D eigenvalue weighted by atomic mass is 9.80. The Balaban J connectivity index is 1.13. The quantitative estimate of drug-likeness (QED) is 0.0560. The van der Waals surface area contributed by atoms with E-state index in [0.29, 0.717) is 11.5 Å². The number of carbonyl (C=O) groups excluding carboxylic acids is 2. The molecule has 2 aliphatic rings. The third-order valence-electron chi connectivity index (χ3n) is 10.7. The number of aromatic amines is 1. The second-order valence-electron chi connectivity index (χ2n) is 16.0. The fourth-order valence-electron chi connectivity index (χ4n) is 7.36. The largest absolute Gasteiger partial charge is 0.497 e. The van der Waals surface area contributed by atoms with Crippen LogP contribution in [-0.2, 0) is 29.4 Å². The van der Waals surface area contributed by atoms with Crippen molar-refractivity contribution < 1.29 is 51.9 Å². The Morgan fingerprint density at radius 3 is 2.03 bits per heavy atom. The van der Waals surface area contributed by atoms with Gasteiger partial charge < -0.3 is 33.5 Å². The summed E-state index contributed by atoms with van der Waals surface area (Å²) in [5, 5.41) is 11.4. The number of hydrogen-bond donors (Lipinski definition) is 2. The minimum Gasteiger partial charge on any atom is -0.497 e. The lowest BCUT2D eigenvalue weighted by molar-refractivity contribution is -0.159. The Morgan fingerprint density at radius 2 is 1.47 bits per heavy atom. The highest BCUT2D eigenvalue weighted by atomic mass is 19.1. The SMILES string of the molecule is COc1ccc(C(OC[C@H]2O[C@@H](n3cc(N4C(=O)/C(=C/c5c(F)cc(OCOC(=O)C(C)(C)C)cc5F)N=C4C)c(=O)[nH]c3=O)C[C@@H]2O)(c2ccccc2)c2ccc(OC)cc2)cc1. The number of aromatic nitrogens is 2. The van der Waals surface area contributed by atoms with Gasteiger partial charge in [-0.05, 0) is 74.7 Å². The van der Waals surface area contributed by atoms with Crippen LogP contribution in [0.3, 0.4) is 0 Å². The van der Waals surface area contributed by atoms with Crippen molar-refractivity contribution in [1.29, 1.82) is 0 Å². The third kappa shape index (κ3) is 9.08. The van der Waals surface area contributed by atoms with E-state index in [1.165, 1.54) is 6.92 Å². The van der Waals surface area contributed by atoms with Crippen LogP contribution in [0, 0.1) is 17.0 Å². The second kappa shape index (κ2) is 18.4. The van der Waals surface area contributed by atoms with Gasteiger partial charge in [0, 0.05) is 30.3 Å². The van der Waals surface area contributed by atoms with Gasteiger partial charge in [0.15, 0.2) is 0 Å². The zero-order valence-corrected chi connectivity index (χ0v) is 35.8. The number of hydrogen-bond acceptors (Lipinski definition) is 12. The number of aliphatic hydroxyl groups is 1. The van der Waals surface area contributed by atoms with Crippen LogP contribution in [0.5, 0.6) is 17.2 Å². The molecule has 17 heteroatoms. The maximum Gasteiger partial charge on any atom is 0.330 e. The third-order valence-corrected chi connectivity index (χ3v) is 10.7. The number of rotatable bonds is 14. The molecule has 5 aromatic rings. The number of nitrogens with zero attached hydrogens (tertiary/aromatic N) is 3. The number of H-pyrrole nitrogens is 1. The van der Waals surface area contributed by atoms with Gasteiger partial charge in [-0.2, -0.15) is 0 Å². The number of amides is 1. The summed E-state index contributed by atoms with van der Waals surface area (Å²) in [5.74, 6) is -2.78. The molecule has 0 spiro atoms. The minimum absolute atomic E-state index is 0.0404. The van der Waals surface area contributed by atoms with E-state index in [2.05, 4.69) is 9.98 Å². The van der Waals surface area contributed by atoms with Crippen molar-refractivity contribution in [2.24, 2.45) is 10.4 Å². The number of benzene rings is 4. The molecule has 4 aromatic carbocycles. The minimum atomic E-state index is -1.24. The molecule has 334 valence electrons. The summed E-state index contributed by atoms with van der Waals surface area (Å²) >= 11 is 0. The summed E-state index contributed by atoms with van der Waals surface area (Å²) in [5.41, 5.74) is -3.05. The molecule has 0 unspecified atom stereocenters. The van der Waals surface area contributed by atoms with Crippen LogP contribution in [0.4, 0.5) is 14.5 Å². The molecule has 0 bridgehead atoms. The molecular formula is C47H46F2N4O11. The van der Waals surface area contributed by atoms with Crippen molar-refractivity contribution in [1.82, 2.24) is 9.55 Å². The number of methoxy groups -OCH3 is 2. The number of aliphatic imine (C=N–C) groups is 1. The molecule has 1 fully saturated rings. The van der Waals surface area contributed by atoms with E-state index in [1.807, 2.05) is 78.9 Å². The Hall–Kier alpha value is -6.95. The van der Waals surface area contributed by atoms with Gasteiger partial charge in [0.05, 0.1) is 32.3 Å². The number of carbonyl (C=O) groups is 2. The van der Waals surface area contributed by atoms with Crippen LogP contribution in [0.15, 0.2) is 117 Å². The van der Waals surface area contributed by atoms with E-state index in [0.717, 1.165) is 50.6 Å². The maximum atomic E-state index is 15.2. The van der Waals surface area contributed by atoms with Gasteiger partial charge in [0.2, 0.25) is 6.79 Å². The summed E-state index contributed by atoms with van der Waals surface area (Å²) in [6, 6.07) is 26.0. The summed E-state index contributed by atoms with van der Waals surface area (Å²) in [7, 11) is 3.14. The van der Waals surface area contributed by atoms with E-state index in [1.54, 1.807) is 35.0 Å². The molecular weight excluding hydrogens is 835 g/mol. The van der Waals surface area contributed by atoms with E-state index >= 15 is 8.78 Å².